The summed E-state index contributed by atoms with van der Waals surface area (Å²) in [5, 5.41) is 9.65. The molecule has 0 heterocycles. The molecule has 0 aliphatic carbocycles. The number of nitrogens with one attached hydrogen (secondary N) is 3. The van der Waals surface area contributed by atoms with Crippen molar-refractivity contribution in [3.63, 3.8) is 0 Å². The van der Waals surface area contributed by atoms with E-state index in [2.05, 4.69) is 64.0 Å². The average Bonchev–Trinajstić information content (AvgIpc) is 2.79. The van der Waals surface area contributed by atoms with Crippen LogP contribution in [0, 0.1) is 0 Å². The molecule has 1 amide bonds. The van der Waals surface area contributed by atoms with Crippen molar-refractivity contribution in [1.82, 2.24) is 20.9 Å². The molecule has 0 saturated carbocycles. The number of rotatable bonds is 10. The highest BCUT2D eigenvalue weighted by molar-refractivity contribution is 5.94. The molecule has 6 nitrogen and oxygen atoms in total. The number of hydrogen-bond donors (Lipinski definition) is 3. The van der Waals surface area contributed by atoms with Crippen molar-refractivity contribution < 1.29 is 4.79 Å². The summed E-state index contributed by atoms with van der Waals surface area (Å²) < 4.78 is 0. The first-order chi connectivity index (χ1) is 14.6. The summed E-state index contributed by atoms with van der Waals surface area (Å²) in [6.45, 7) is 10.2. The summed E-state index contributed by atoms with van der Waals surface area (Å²) in [5.41, 5.74) is 2.99. The van der Waals surface area contributed by atoms with Crippen molar-refractivity contribution in [3.8, 4) is 0 Å². The van der Waals surface area contributed by atoms with Gasteiger partial charge in [-0.1, -0.05) is 56.3 Å². The highest BCUT2D eigenvalue weighted by atomic mass is 16.1. The Balaban J connectivity index is 1.99. The van der Waals surface area contributed by atoms with Gasteiger partial charge in [0.05, 0.1) is 6.04 Å². The number of guanidine groups is 1. The van der Waals surface area contributed by atoms with Gasteiger partial charge in [-0.25, -0.2) is 0 Å². The second-order valence-corrected chi connectivity index (χ2v) is 7.01. The van der Waals surface area contributed by atoms with Gasteiger partial charge in [0.1, 0.15) is 0 Å². The van der Waals surface area contributed by atoms with E-state index in [1.165, 1.54) is 5.56 Å². The second kappa shape index (κ2) is 12.6. The Labute approximate surface area is 180 Å². The van der Waals surface area contributed by atoms with Crippen LogP contribution in [0.3, 0.4) is 0 Å². The zero-order valence-electron chi connectivity index (χ0n) is 18.6. The highest BCUT2D eigenvalue weighted by Crippen LogP contribution is 2.19. The molecule has 0 aromatic heterocycles. The summed E-state index contributed by atoms with van der Waals surface area (Å²) in [6.07, 6.45) is 0. The summed E-state index contributed by atoms with van der Waals surface area (Å²) in [7, 11) is 1.77. The van der Waals surface area contributed by atoms with Gasteiger partial charge in [-0.05, 0) is 43.3 Å². The Bertz CT molecular complexity index is 802. The maximum atomic E-state index is 12.1. The van der Waals surface area contributed by atoms with E-state index in [4.69, 9.17) is 0 Å². The molecular formula is C24H35N5O. The third kappa shape index (κ3) is 6.88. The van der Waals surface area contributed by atoms with Gasteiger partial charge < -0.3 is 16.0 Å². The van der Waals surface area contributed by atoms with Crippen LogP contribution in [-0.2, 0) is 6.54 Å². The van der Waals surface area contributed by atoms with Gasteiger partial charge in [-0.3, -0.25) is 14.7 Å². The lowest BCUT2D eigenvalue weighted by molar-refractivity contribution is 0.0955. The average molecular weight is 410 g/mol. The highest BCUT2D eigenvalue weighted by Gasteiger charge is 2.18. The second-order valence-electron chi connectivity index (χ2n) is 7.01. The van der Waals surface area contributed by atoms with Gasteiger partial charge in [0, 0.05) is 32.2 Å². The maximum Gasteiger partial charge on any atom is 0.251 e. The minimum atomic E-state index is -0.0493. The van der Waals surface area contributed by atoms with Crippen LogP contribution in [0.2, 0.25) is 0 Å². The molecule has 2 aromatic carbocycles. The molecule has 1 unspecified atom stereocenters. The Morgan fingerprint density at radius 2 is 1.70 bits per heavy atom. The lowest BCUT2D eigenvalue weighted by atomic mass is 10.1. The van der Waals surface area contributed by atoms with Gasteiger partial charge in [-0.15, -0.1) is 0 Å². The van der Waals surface area contributed by atoms with Gasteiger partial charge in [0.25, 0.3) is 5.91 Å². The minimum Gasteiger partial charge on any atom is -0.354 e. The Morgan fingerprint density at radius 3 is 2.33 bits per heavy atom. The molecule has 2 aromatic rings. The Morgan fingerprint density at radius 1 is 0.967 bits per heavy atom. The molecule has 0 fully saturated rings. The Kier molecular flexibility index (Phi) is 9.87. The van der Waals surface area contributed by atoms with E-state index in [0.29, 0.717) is 18.7 Å². The van der Waals surface area contributed by atoms with Crippen LogP contribution in [0.4, 0.5) is 0 Å². The molecule has 0 radical (unpaired) electrons. The number of carbonyl (C=O) groups excluding carboxylic acids is 1. The number of aliphatic imine (C=N–C) groups is 1. The first-order valence-corrected chi connectivity index (χ1v) is 10.7. The molecule has 6 heteroatoms. The summed E-state index contributed by atoms with van der Waals surface area (Å²) in [6, 6.07) is 18.5. The predicted molar refractivity (Wildman–Crippen MR) is 125 cm³/mol. The summed E-state index contributed by atoms with van der Waals surface area (Å²) >= 11 is 0. The molecule has 162 valence electrons. The van der Waals surface area contributed by atoms with Crippen molar-refractivity contribution in [1.29, 1.82) is 0 Å². The number of likely N-dealkylation sites (N-methyl/N-ethyl adjacent to an activating group) is 1. The molecule has 0 bridgehead atoms. The molecule has 3 N–H and O–H groups in total. The molecule has 0 aliphatic heterocycles. The normalized spacial score (nSPS) is 12.5. The van der Waals surface area contributed by atoms with Crippen molar-refractivity contribution in [2.24, 2.45) is 4.99 Å². The van der Waals surface area contributed by atoms with Crippen LogP contribution in [0.15, 0.2) is 59.6 Å². The number of carbonyl (C=O) groups is 1. The summed E-state index contributed by atoms with van der Waals surface area (Å²) in [5.74, 6) is 0.693. The zero-order valence-corrected chi connectivity index (χ0v) is 18.6. The van der Waals surface area contributed by atoms with Gasteiger partial charge in [0.2, 0.25) is 0 Å². The van der Waals surface area contributed by atoms with Gasteiger partial charge in [0.15, 0.2) is 5.96 Å². The van der Waals surface area contributed by atoms with E-state index in [0.717, 1.165) is 31.2 Å². The molecule has 0 aliphatic rings. The number of amides is 1. The van der Waals surface area contributed by atoms with E-state index in [-0.39, 0.29) is 11.9 Å². The molecule has 1 atom stereocenters. The fraction of sp³-hybridized carbons (Fsp3) is 0.417. The molecule has 0 spiro atoms. The smallest absolute Gasteiger partial charge is 0.251 e. The standard InChI is InChI=1S/C24H35N5O/c1-5-26-23(30)21-15-11-12-19(16-21)17-27-24(25-4)28-18-22(29(6-2)7-3)20-13-9-8-10-14-20/h8-16,22H,5-7,17-18H2,1-4H3,(H,26,30)(H2,25,27,28). The Hall–Kier alpha value is -2.86. The quantitative estimate of drug-likeness (QED) is 0.416. The van der Waals surface area contributed by atoms with Gasteiger partial charge in [-0.2, -0.15) is 0 Å². The zero-order chi connectivity index (χ0) is 21.8. The lowest BCUT2D eigenvalue weighted by Crippen LogP contribution is -2.43. The van der Waals surface area contributed by atoms with Crippen LogP contribution in [0.5, 0.6) is 0 Å². The van der Waals surface area contributed by atoms with Crippen LogP contribution in [0.1, 0.15) is 48.3 Å². The van der Waals surface area contributed by atoms with Crippen LogP contribution < -0.4 is 16.0 Å². The minimum absolute atomic E-state index is 0.0493. The number of hydrogen-bond acceptors (Lipinski definition) is 3. The van der Waals surface area contributed by atoms with Crippen molar-refractivity contribution in [3.05, 3.63) is 71.3 Å². The first kappa shape index (κ1) is 23.4. The molecule has 2 rings (SSSR count). The largest absolute Gasteiger partial charge is 0.354 e. The molecule has 30 heavy (non-hydrogen) atoms. The summed E-state index contributed by atoms with van der Waals surface area (Å²) in [4.78, 5) is 18.9. The monoisotopic (exact) mass is 409 g/mol. The van der Waals surface area contributed by atoms with Crippen molar-refractivity contribution >= 4 is 11.9 Å². The van der Waals surface area contributed by atoms with Crippen molar-refractivity contribution in [2.45, 2.75) is 33.4 Å². The SMILES string of the molecule is CCNC(=O)c1cccc(CNC(=NC)NCC(c2ccccc2)N(CC)CC)c1. The fourth-order valence-corrected chi connectivity index (χ4v) is 3.48. The number of nitrogens with zero attached hydrogens (tertiary/aromatic N) is 2. The van der Waals surface area contributed by atoms with Crippen LogP contribution >= 0.6 is 0 Å². The maximum absolute atomic E-state index is 12.1. The first-order valence-electron chi connectivity index (χ1n) is 10.7. The van der Waals surface area contributed by atoms with E-state index in [1.54, 1.807) is 7.05 Å². The third-order valence-corrected chi connectivity index (χ3v) is 5.11. The van der Waals surface area contributed by atoms with Crippen LogP contribution in [0.25, 0.3) is 0 Å². The topological polar surface area (TPSA) is 68.8 Å². The molecule has 0 saturated heterocycles. The fourth-order valence-electron chi connectivity index (χ4n) is 3.48. The van der Waals surface area contributed by atoms with E-state index in [1.807, 2.05) is 37.3 Å². The third-order valence-electron chi connectivity index (χ3n) is 5.11. The predicted octanol–water partition coefficient (Wildman–Crippen LogP) is 3.18. The van der Waals surface area contributed by atoms with Crippen molar-refractivity contribution in [2.75, 3.05) is 33.2 Å². The van der Waals surface area contributed by atoms with E-state index >= 15 is 0 Å². The number of benzene rings is 2. The van der Waals surface area contributed by atoms with Crippen LogP contribution in [-0.4, -0.2) is 50.0 Å². The lowest BCUT2D eigenvalue weighted by Gasteiger charge is -2.30. The molecular weight excluding hydrogens is 374 g/mol. The van der Waals surface area contributed by atoms with Gasteiger partial charge >= 0.3 is 0 Å². The van der Waals surface area contributed by atoms with E-state index < -0.39 is 0 Å². The van der Waals surface area contributed by atoms with E-state index in [9.17, 15) is 4.79 Å².